The Balaban J connectivity index is 2.42. The Morgan fingerprint density at radius 2 is 1.90 bits per heavy atom. The topological polar surface area (TPSA) is 75.8 Å². The van der Waals surface area contributed by atoms with Crippen molar-refractivity contribution in [1.29, 1.82) is 0 Å². The van der Waals surface area contributed by atoms with E-state index in [1.54, 1.807) is 6.92 Å². The zero-order chi connectivity index (χ0) is 16.0. The summed E-state index contributed by atoms with van der Waals surface area (Å²) in [6.45, 7) is 10.7. The van der Waals surface area contributed by atoms with Crippen LogP contribution in [-0.2, 0) is 4.74 Å². The van der Waals surface area contributed by atoms with E-state index in [1.165, 1.54) is 17.4 Å². The molecule has 2 heterocycles. The quantitative estimate of drug-likeness (QED) is 0.685. The van der Waals surface area contributed by atoms with Crippen LogP contribution in [0.4, 0.5) is 10.7 Å². The Bertz CT molecular complexity index is 535. The number of aliphatic hydroxyl groups is 1. The van der Waals surface area contributed by atoms with Gasteiger partial charge in [0.25, 0.3) is 0 Å². The Hall–Kier alpha value is -1.18. The number of nitro groups is 1. The fourth-order valence-electron chi connectivity index (χ4n) is 2.88. The van der Waals surface area contributed by atoms with Crippen LogP contribution in [0.25, 0.3) is 0 Å². The monoisotopic (exact) mass is 314 g/mol. The fraction of sp³-hybridized carbons (Fsp3) is 0.714. The highest BCUT2D eigenvalue weighted by atomic mass is 32.1. The standard InChI is InChI=1S/C14H22N2O4S/c1-9(17)11-6-10(16(18)19)12(21-11)15-7-13(2,3)20-14(4,5)8-15/h6,9,17H,7-8H2,1-5H3. The number of anilines is 1. The second-order valence-electron chi connectivity index (χ2n) is 6.75. The van der Waals surface area contributed by atoms with Crippen molar-refractivity contribution in [1.82, 2.24) is 0 Å². The molecule has 7 heteroatoms. The zero-order valence-electron chi connectivity index (χ0n) is 13.0. The molecule has 1 atom stereocenters. The number of rotatable bonds is 3. The summed E-state index contributed by atoms with van der Waals surface area (Å²) in [7, 11) is 0. The molecule has 0 aromatic carbocycles. The lowest BCUT2D eigenvalue weighted by Gasteiger charge is -2.47. The van der Waals surface area contributed by atoms with Gasteiger partial charge in [-0.3, -0.25) is 10.1 Å². The molecule has 0 saturated carbocycles. The molecule has 1 saturated heterocycles. The fourth-order valence-corrected chi connectivity index (χ4v) is 3.94. The van der Waals surface area contributed by atoms with Gasteiger partial charge in [0.15, 0.2) is 5.00 Å². The Morgan fingerprint density at radius 1 is 1.38 bits per heavy atom. The van der Waals surface area contributed by atoms with Crippen molar-refractivity contribution in [2.45, 2.75) is 51.9 Å². The number of nitrogens with zero attached hydrogens (tertiary/aromatic N) is 2. The molecule has 0 radical (unpaired) electrons. The van der Waals surface area contributed by atoms with Crippen LogP contribution in [0.3, 0.4) is 0 Å². The highest BCUT2D eigenvalue weighted by Crippen LogP contribution is 2.43. The molecule has 2 rings (SSSR count). The molecular formula is C14H22N2O4S. The SMILES string of the molecule is CC(O)c1cc([N+](=O)[O-])c(N2CC(C)(C)OC(C)(C)C2)s1. The van der Waals surface area contributed by atoms with Gasteiger partial charge in [0.05, 0.1) is 22.2 Å². The van der Waals surface area contributed by atoms with Crippen molar-refractivity contribution in [3.05, 3.63) is 21.1 Å². The van der Waals surface area contributed by atoms with Crippen LogP contribution in [0.1, 0.15) is 45.6 Å². The second-order valence-corrected chi connectivity index (χ2v) is 7.81. The summed E-state index contributed by atoms with van der Waals surface area (Å²) in [6.07, 6.45) is -0.704. The number of hydrogen-bond donors (Lipinski definition) is 1. The van der Waals surface area contributed by atoms with Gasteiger partial charge in [-0.25, -0.2) is 0 Å². The van der Waals surface area contributed by atoms with E-state index < -0.39 is 6.10 Å². The Labute approximate surface area is 128 Å². The number of ether oxygens (including phenoxy) is 1. The maximum atomic E-state index is 11.3. The van der Waals surface area contributed by atoms with E-state index in [2.05, 4.69) is 0 Å². The normalized spacial score (nSPS) is 22.1. The highest BCUT2D eigenvalue weighted by molar-refractivity contribution is 7.16. The third kappa shape index (κ3) is 3.53. The van der Waals surface area contributed by atoms with Gasteiger partial charge in [0, 0.05) is 24.0 Å². The largest absolute Gasteiger partial charge is 0.388 e. The van der Waals surface area contributed by atoms with Gasteiger partial charge in [0.1, 0.15) is 0 Å². The predicted octanol–water partition coefficient (Wildman–Crippen LogP) is 3.10. The van der Waals surface area contributed by atoms with Crippen LogP contribution in [0.2, 0.25) is 0 Å². The predicted molar refractivity (Wildman–Crippen MR) is 83.1 cm³/mol. The van der Waals surface area contributed by atoms with Gasteiger partial charge in [-0.05, 0) is 34.6 Å². The minimum absolute atomic E-state index is 0.0596. The van der Waals surface area contributed by atoms with E-state index in [0.29, 0.717) is 23.0 Å². The lowest BCUT2D eigenvalue weighted by atomic mass is 9.99. The number of thiophene rings is 1. The molecule has 1 N–H and O–H groups in total. The number of morpholine rings is 1. The first-order chi connectivity index (χ1) is 9.51. The third-order valence-corrected chi connectivity index (χ3v) is 4.66. The van der Waals surface area contributed by atoms with E-state index in [-0.39, 0.29) is 21.8 Å². The molecule has 0 amide bonds. The highest BCUT2D eigenvalue weighted by Gasteiger charge is 2.40. The summed E-state index contributed by atoms with van der Waals surface area (Å²) < 4.78 is 6.01. The van der Waals surface area contributed by atoms with Crippen LogP contribution in [0.5, 0.6) is 0 Å². The van der Waals surface area contributed by atoms with Crippen LogP contribution >= 0.6 is 11.3 Å². The number of hydrogen-bond acceptors (Lipinski definition) is 6. The van der Waals surface area contributed by atoms with Gasteiger partial charge >= 0.3 is 5.69 Å². The molecule has 6 nitrogen and oxygen atoms in total. The molecule has 118 valence electrons. The smallest absolute Gasteiger partial charge is 0.304 e. The average Bonchev–Trinajstić information content (AvgIpc) is 2.69. The molecule has 0 bridgehead atoms. The summed E-state index contributed by atoms with van der Waals surface area (Å²) >= 11 is 1.28. The van der Waals surface area contributed by atoms with Crippen molar-refractivity contribution < 1.29 is 14.8 Å². The average molecular weight is 314 g/mol. The van der Waals surface area contributed by atoms with Crippen molar-refractivity contribution in [3.8, 4) is 0 Å². The summed E-state index contributed by atoms with van der Waals surface area (Å²) in [5, 5.41) is 21.6. The van der Waals surface area contributed by atoms with Crippen LogP contribution < -0.4 is 4.90 Å². The summed E-state index contributed by atoms with van der Waals surface area (Å²) in [5.74, 6) is 0. The first kappa shape index (κ1) is 16.2. The van der Waals surface area contributed by atoms with Gasteiger partial charge in [-0.2, -0.15) is 0 Å². The molecule has 1 aromatic heterocycles. The summed E-state index contributed by atoms with van der Waals surface area (Å²) in [4.78, 5) is 13.5. The minimum atomic E-state index is -0.704. The van der Waals surface area contributed by atoms with Crippen molar-refractivity contribution >= 4 is 22.0 Å². The van der Waals surface area contributed by atoms with E-state index in [9.17, 15) is 15.2 Å². The molecule has 1 unspecified atom stereocenters. The lowest BCUT2D eigenvalue weighted by molar-refractivity contribution is -0.383. The van der Waals surface area contributed by atoms with E-state index in [0.717, 1.165) is 0 Å². The second kappa shape index (κ2) is 5.23. The number of aliphatic hydroxyl groups excluding tert-OH is 1. The molecule has 0 aliphatic carbocycles. The maximum absolute atomic E-state index is 11.3. The van der Waals surface area contributed by atoms with Gasteiger partial charge in [-0.15, -0.1) is 11.3 Å². The molecule has 0 spiro atoms. The van der Waals surface area contributed by atoms with E-state index in [1.807, 2.05) is 32.6 Å². The summed E-state index contributed by atoms with van der Waals surface area (Å²) in [5.41, 5.74) is -0.709. The molecule has 1 aliphatic heterocycles. The summed E-state index contributed by atoms with van der Waals surface area (Å²) in [6, 6.07) is 1.47. The lowest BCUT2D eigenvalue weighted by Crippen LogP contribution is -2.57. The van der Waals surface area contributed by atoms with Gasteiger partial charge in [0.2, 0.25) is 0 Å². The van der Waals surface area contributed by atoms with Crippen LogP contribution in [0, 0.1) is 10.1 Å². The molecule has 1 aromatic rings. The van der Waals surface area contributed by atoms with Gasteiger partial charge in [-0.1, -0.05) is 0 Å². The van der Waals surface area contributed by atoms with Crippen molar-refractivity contribution in [3.63, 3.8) is 0 Å². The van der Waals surface area contributed by atoms with Gasteiger partial charge < -0.3 is 14.7 Å². The first-order valence-corrected chi connectivity index (χ1v) is 7.74. The molecular weight excluding hydrogens is 292 g/mol. The van der Waals surface area contributed by atoms with Crippen molar-refractivity contribution in [2.24, 2.45) is 0 Å². The third-order valence-electron chi connectivity index (χ3n) is 3.30. The molecule has 1 fully saturated rings. The van der Waals surface area contributed by atoms with E-state index >= 15 is 0 Å². The first-order valence-electron chi connectivity index (χ1n) is 6.92. The maximum Gasteiger partial charge on any atom is 0.304 e. The van der Waals surface area contributed by atoms with Crippen molar-refractivity contribution in [2.75, 3.05) is 18.0 Å². The van der Waals surface area contributed by atoms with Crippen LogP contribution in [0.15, 0.2) is 6.07 Å². The van der Waals surface area contributed by atoms with E-state index in [4.69, 9.17) is 4.74 Å². The zero-order valence-corrected chi connectivity index (χ0v) is 13.9. The van der Waals surface area contributed by atoms with Crippen LogP contribution in [-0.4, -0.2) is 34.3 Å². The minimum Gasteiger partial charge on any atom is -0.388 e. The molecule has 1 aliphatic rings. The molecule has 21 heavy (non-hydrogen) atoms. The Kier molecular flexibility index (Phi) is 4.03. The Morgan fingerprint density at radius 3 is 2.33 bits per heavy atom.